The summed E-state index contributed by atoms with van der Waals surface area (Å²) < 4.78 is 7.96. The zero-order chi connectivity index (χ0) is 21.7. The first-order valence-corrected chi connectivity index (χ1v) is 10.7. The van der Waals surface area contributed by atoms with Crippen LogP contribution in [0.5, 0.6) is 5.75 Å². The van der Waals surface area contributed by atoms with Crippen LogP contribution in [0.4, 0.5) is 5.82 Å². The van der Waals surface area contributed by atoms with Crippen LogP contribution in [0.3, 0.4) is 0 Å². The fourth-order valence-electron chi connectivity index (χ4n) is 4.23. The molecule has 0 radical (unpaired) electrons. The highest BCUT2D eigenvalue weighted by molar-refractivity contribution is 5.93. The van der Waals surface area contributed by atoms with Gasteiger partial charge in [0.2, 0.25) is 5.91 Å². The molecule has 3 rings (SSSR count). The highest BCUT2D eigenvalue weighted by Crippen LogP contribution is 2.37. The van der Waals surface area contributed by atoms with Gasteiger partial charge in [-0.15, -0.1) is 0 Å². The maximum atomic E-state index is 12.7. The molecule has 1 saturated carbocycles. The molecule has 1 N–H and O–H groups in total. The number of aryl methyl sites for hydroxylation is 1. The molecule has 0 saturated heterocycles. The summed E-state index contributed by atoms with van der Waals surface area (Å²) in [6.07, 6.45) is 4.58. The van der Waals surface area contributed by atoms with E-state index in [1.807, 2.05) is 57.0 Å². The minimum absolute atomic E-state index is 0.110. The monoisotopic (exact) mass is 408 g/mol. The SMILES string of the molecule is Cc1cccc(OCCN(C)CC(=O)Nc2c(C#N)c(C)c(C)n2C2CCCC2)c1. The molecule has 1 aliphatic carbocycles. The van der Waals surface area contributed by atoms with Crippen molar-refractivity contribution in [3.63, 3.8) is 0 Å². The quantitative estimate of drug-likeness (QED) is 0.705. The lowest BCUT2D eigenvalue weighted by atomic mass is 10.2. The number of nitrogens with one attached hydrogen (secondary N) is 1. The molecule has 0 aliphatic heterocycles. The molecule has 0 atom stereocenters. The van der Waals surface area contributed by atoms with E-state index in [0.717, 1.165) is 35.4 Å². The van der Waals surface area contributed by atoms with Gasteiger partial charge in [0.05, 0.1) is 12.1 Å². The third-order valence-electron chi connectivity index (χ3n) is 5.96. The van der Waals surface area contributed by atoms with Crippen LogP contribution < -0.4 is 10.1 Å². The van der Waals surface area contributed by atoms with Crippen molar-refractivity contribution in [1.82, 2.24) is 9.47 Å². The highest BCUT2D eigenvalue weighted by atomic mass is 16.5. The fraction of sp³-hybridized carbons (Fsp3) is 0.500. The van der Waals surface area contributed by atoms with Gasteiger partial charge >= 0.3 is 0 Å². The molecule has 1 aromatic carbocycles. The third-order valence-corrected chi connectivity index (χ3v) is 5.96. The standard InChI is InChI=1S/C24H32N4O2/c1-17-8-7-11-21(14-17)30-13-12-27(4)16-23(29)26-24-22(15-25)18(2)19(3)28(24)20-9-5-6-10-20/h7-8,11,14,20H,5-6,9-10,12-13,16H2,1-4H3,(H,26,29). The van der Waals surface area contributed by atoms with Crippen molar-refractivity contribution in [1.29, 1.82) is 5.26 Å². The Balaban J connectivity index is 1.60. The largest absolute Gasteiger partial charge is 0.492 e. The number of nitriles is 1. The maximum absolute atomic E-state index is 12.7. The number of hydrogen-bond acceptors (Lipinski definition) is 4. The number of benzene rings is 1. The molecular weight excluding hydrogens is 376 g/mol. The van der Waals surface area contributed by atoms with E-state index >= 15 is 0 Å². The van der Waals surface area contributed by atoms with Gasteiger partial charge in [-0.3, -0.25) is 9.69 Å². The molecular formula is C24H32N4O2. The topological polar surface area (TPSA) is 70.3 Å². The third kappa shape index (κ3) is 5.03. The Morgan fingerprint density at radius 3 is 2.70 bits per heavy atom. The average Bonchev–Trinajstić information content (AvgIpc) is 3.29. The van der Waals surface area contributed by atoms with Crippen molar-refractivity contribution < 1.29 is 9.53 Å². The Hall–Kier alpha value is -2.78. The molecule has 0 bridgehead atoms. The predicted octanol–water partition coefficient (Wildman–Crippen LogP) is 4.35. The van der Waals surface area contributed by atoms with Crippen molar-refractivity contribution in [2.45, 2.75) is 52.5 Å². The summed E-state index contributed by atoms with van der Waals surface area (Å²) in [5.74, 6) is 1.39. The highest BCUT2D eigenvalue weighted by Gasteiger charge is 2.26. The van der Waals surface area contributed by atoms with E-state index in [9.17, 15) is 10.1 Å². The van der Waals surface area contributed by atoms with Crippen LogP contribution in [0, 0.1) is 32.1 Å². The second kappa shape index (κ2) is 9.82. The van der Waals surface area contributed by atoms with E-state index in [-0.39, 0.29) is 12.5 Å². The van der Waals surface area contributed by atoms with Crippen LogP contribution in [0.1, 0.15) is 54.1 Å². The number of carbonyl (C=O) groups excluding carboxylic acids is 1. The zero-order valence-corrected chi connectivity index (χ0v) is 18.5. The van der Waals surface area contributed by atoms with Crippen molar-refractivity contribution in [3.8, 4) is 11.8 Å². The van der Waals surface area contributed by atoms with Crippen molar-refractivity contribution in [2.24, 2.45) is 0 Å². The lowest BCUT2D eigenvalue weighted by molar-refractivity contribution is -0.117. The first kappa shape index (κ1) is 21.9. The van der Waals surface area contributed by atoms with Crippen LogP contribution >= 0.6 is 0 Å². The van der Waals surface area contributed by atoms with E-state index in [1.165, 1.54) is 12.8 Å². The number of nitrogens with zero attached hydrogens (tertiary/aromatic N) is 3. The fourth-order valence-corrected chi connectivity index (χ4v) is 4.23. The van der Waals surface area contributed by atoms with Gasteiger partial charge in [-0.2, -0.15) is 5.26 Å². The Morgan fingerprint density at radius 1 is 1.30 bits per heavy atom. The number of amides is 1. The number of rotatable bonds is 8. The number of carbonyl (C=O) groups is 1. The van der Waals surface area contributed by atoms with Gasteiger partial charge in [-0.05, 0) is 63.9 Å². The maximum Gasteiger partial charge on any atom is 0.239 e. The normalized spacial score (nSPS) is 14.1. The molecule has 2 aromatic rings. The molecule has 0 unspecified atom stereocenters. The average molecular weight is 409 g/mol. The van der Waals surface area contributed by atoms with E-state index < -0.39 is 0 Å². The number of anilines is 1. The number of likely N-dealkylation sites (N-methyl/N-ethyl adjacent to an activating group) is 1. The molecule has 1 aliphatic rings. The lowest BCUT2D eigenvalue weighted by Gasteiger charge is -2.21. The molecule has 1 amide bonds. The first-order valence-electron chi connectivity index (χ1n) is 10.7. The Morgan fingerprint density at radius 2 is 2.03 bits per heavy atom. The van der Waals surface area contributed by atoms with Gasteiger partial charge in [-0.25, -0.2) is 0 Å². The van der Waals surface area contributed by atoms with Gasteiger partial charge in [0.25, 0.3) is 0 Å². The first-order chi connectivity index (χ1) is 14.4. The van der Waals surface area contributed by atoms with E-state index in [2.05, 4.69) is 16.0 Å². The second-order valence-corrected chi connectivity index (χ2v) is 8.31. The van der Waals surface area contributed by atoms with Crippen molar-refractivity contribution in [3.05, 3.63) is 46.6 Å². The summed E-state index contributed by atoms with van der Waals surface area (Å²) in [5.41, 5.74) is 3.77. The summed E-state index contributed by atoms with van der Waals surface area (Å²) in [5, 5.41) is 12.7. The van der Waals surface area contributed by atoms with Crippen LogP contribution in [-0.2, 0) is 4.79 Å². The van der Waals surface area contributed by atoms with E-state index in [1.54, 1.807) is 0 Å². The van der Waals surface area contributed by atoms with Crippen LogP contribution in [-0.4, -0.2) is 42.1 Å². The van der Waals surface area contributed by atoms with Crippen molar-refractivity contribution in [2.75, 3.05) is 32.1 Å². The summed E-state index contributed by atoms with van der Waals surface area (Å²) in [6, 6.07) is 10.6. The molecule has 1 aromatic heterocycles. The summed E-state index contributed by atoms with van der Waals surface area (Å²) >= 11 is 0. The number of aromatic nitrogens is 1. The Bertz CT molecular complexity index is 935. The van der Waals surface area contributed by atoms with Gasteiger partial charge in [0.15, 0.2) is 0 Å². The minimum atomic E-state index is -0.110. The van der Waals surface area contributed by atoms with E-state index in [4.69, 9.17) is 4.74 Å². The van der Waals surface area contributed by atoms with Gasteiger partial charge in [-0.1, -0.05) is 25.0 Å². The minimum Gasteiger partial charge on any atom is -0.492 e. The summed E-state index contributed by atoms with van der Waals surface area (Å²) in [6.45, 7) is 7.42. The molecule has 0 spiro atoms. The molecule has 6 nitrogen and oxygen atoms in total. The van der Waals surface area contributed by atoms with Gasteiger partial charge in [0, 0.05) is 18.3 Å². The second-order valence-electron chi connectivity index (χ2n) is 8.31. The van der Waals surface area contributed by atoms with E-state index in [0.29, 0.717) is 30.6 Å². The zero-order valence-electron chi connectivity index (χ0n) is 18.5. The molecule has 1 fully saturated rings. The molecule has 6 heteroatoms. The smallest absolute Gasteiger partial charge is 0.239 e. The molecule has 30 heavy (non-hydrogen) atoms. The summed E-state index contributed by atoms with van der Waals surface area (Å²) in [4.78, 5) is 14.7. The molecule has 160 valence electrons. The van der Waals surface area contributed by atoms with Gasteiger partial charge in [0.1, 0.15) is 24.2 Å². The van der Waals surface area contributed by atoms with Gasteiger partial charge < -0.3 is 14.6 Å². The van der Waals surface area contributed by atoms with Crippen LogP contribution in [0.15, 0.2) is 24.3 Å². The van der Waals surface area contributed by atoms with Crippen molar-refractivity contribution >= 4 is 11.7 Å². The Kier molecular flexibility index (Phi) is 7.17. The summed E-state index contributed by atoms with van der Waals surface area (Å²) in [7, 11) is 1.90. The predicted molar refractivity (Wildman–Crippen MR) is 119 cm³/mol. The van der Waals surface area contributed by atoms with Crippen LogP contribution in [0.25, 0.3) is 0 Å². The lowest BCUT2D eigenvalue weighted by Crippen LogP contribution is -2.33. The molecule has 1 heterocycles. The van der Waals surface area contributed by atoms with Crippen LogP contribution in [0.2, 0.25) is 0 Å². The number of hydrogen-bond donors (Lipinski definition) is 1. The Labute approximate surface area is 179 Å². The number of ether oxygens (including phenoxy) is 1.